The summed E-state index contributed by atoms with van der Waals surface area (Å²) < 4.78 is 5.44. The summed E-state index contributed by atoms with van der Waals surface area (Å²) in [6.45, 7) is 6.15. The topological polar surface area (TPSA) is 41.5 Å². The fourth-order valence-electron chi connectivity index (χ4n) is 3.01. The molecule has 20 heavy (non-hydrogen) atoms. The summed E-state index contributed by atoms with van der Waals surface area (Å²) >= 11 is 1.60. The Balaban J connectivity index is 1.57. The third-order valence-corrected chi connectivity index (χ3v) is 4.71. The molecule has 0 saturated carbocycles. The number of ether oxygens (including phenoxy) is 1. The van der Waals surface area contributed by atoms with Crippen LogP contribution in [0.25, 0.3) is 0 Å². The van der Waals surface area contributed by atoms with Gasteiger partial charge in [-0.15, -0.1) is 0 Å². The highest BCUT2D eigenvalue weighted by atomic mass is 32.2. The minimum absolute atomic E-state index is 0.719. The van der Waals surface area contributed by atoms with Crippen molar-refractivity contribution in [1.82, 2.24) is 14.9 Å². The average molecular weight is 294 g/mol. The van der Waals surface area contributed by atoms with Gasteiger partial charge in [-0.2, -0.15) is 0 Å². The first-order chi connectivity index (χ1) is 9.86. The Morgan fingerprint density at radius 1 is 1.20 bits per heavy atom. The molecular weight excluding hydrogens is 272 g/mol. The first-order valence-corrected chi connectivity index (χ1v) is 8.53. The predicted molar refractivity (Wildman–Crippen MR) is 81.4 cm³/mol. The van der Waals surface area contributed by atoms with E-state index in [9.17, 15) is 0 Å². The molecule has 0 N–H and O–H groups in total. The number of morpholine rings is 1. The maximum atomic E-state index is 5.44. The van der Waals surface area contributed by atoms with Gasteiger partial charge in [0.05, 0.1) is 13.2 Å². The summed E-state index contributed by atoms with van der Waals surface area (Å²) in [5.41, 5.74) is 0. The Bertz CT molecular complexity index is 431. The number of hydrogen-bond acceptors (Lipinski definition) is 6. The number of thioether (sulfide) groups is 1. The van der Waals surface area contributed by atoms with Gasteiger partial charge in [0.15, 0.2) is 5.16 Å². The van der Waals surface area contributed by atoms with E-state index in [1.54, 1.807) is 11.8 Å². The molecule has 0 aliphatic carbocycles. The first-order valence-electron chi connectivity index (χ1n) is 7.30. The van der Waals surface area contributed by atoms with Gasteiger partial charge in [-0.3, -0.25) is 4.90 Å². The van der Waals surface area contributed by atoms with Crippen LogP contribution < -0.4 is 4.90 Å². The number of nitrogens with zero attached hydrogens (tertiary/aromatic N) is 4. The molecule has 5 nitrogen and oxygen atoms in total. The zero-order valence-electron chi connectivity index (χ0n) is 12.0. The molecular formula is C14H22N4OS. The average Bonchev–Trinajstić information content (AvgIpc) is 2.56. The van der Waals surface area contributed by atoms with Crippen molar-refractivity contribution in [3.63, 3.8) is 0 Å². The molecule has 0 aromatic carbocycles. The van der Waals surface area contributed by atoms with Crippen molar-refractivity contribution < 1.29 is 4.74 Å². The Labute approximate surface area is 124 Å². The van der Waals surface area contributed by atoms with Crippen molar-refractivity contribution in [3.8, 4) is 0 Å². The summed E-state index contributed by atoms with van der Waals surface area (Å²) in [7, 11) is 0. The molecule has 0 bridgehead atoms. The Morgan fingerprint density at radius 2 is 1.95 bits per heavy atom. The largest absolute Gasteiger partial charge is 0.379 e. The van der Waals surface area contributed by atoms with Crippen LogP contribution in [0.4, 0.5) is 5.82 Å². The maximum absolute atomic E-state index is 5.44. The molecule has 2 saturated heterocycles. The molecule has 0 spiro atoms. The highest BCUT2D eigenvalue weighted by molar-refractivity contribution is 7.98. The van der Waals surface area contributed by atoms with Gasteiger partial charge in [0.1, 0.15) is 5.82 Å². The van der Waals surface area contributed by atoms with Crippen molar-refractivity contribution in [3.05, 3.63) is 12.3 Å². The standard InChI is InChI=1S/C14H22N4OS/c1-20-14-15-5-2-13(16-14)18-6-3-12(4-7-18)17-8-10-19-11-9-17/h2,5,12H,3-4,6-11H2,1H3. The second-order valence-electron chi connectivity index (χ2n) is 5.27. The third-order valence-electron chi connectivity index (χ3n) is 4.15. The quantitative estimate of drug-likeness (QED) is 0.621. The summed E-state index contributed by atoms with van der Waals surface area (Å²) in [6.07, 6.45) is 6.32. The molecule has 3 rings (SSSR count). The van der Waals surface area contributed by atoms with E-state index in [0.29, 0.717) is 0 Å². The monoisotopic (exact) mass is 294 g/mol. The van der Waals surface area contributed by atoms with Crippen LogP contribution in [0.5, 0.6) is 0 Å². The zero-order valence-corrected chi connectivity index (χ0v) is 12.8. The van der Waals surface area contributed by atoms with E-state index in [1.807, 2.05) is 18.5 Å². The van der Waals surface area contributed by atoms with E-state index in [-0.39, 0.29) is 0 Å². The molecule has 2 aliphatic heterocycles. The lowest BCUT2D eigenvalue weighted by atomic mass is 10.0. The predicted octanol–water partition coefficient (Wildman–Crippen LogP) is 1.50. The third kappa shape index (κ3) is 3.24. The fourth-order valence-corrected chi connectivity index (χ4v) is 3.36. The number of hydrogen-bond donors (Lipinski definition) is 0. The molecule has 1 aromatic rings. The van der Waals surface area contributed by atoms with Gasteiger partial charge in [-0.05, 0) is 25.2 Å². The second-order valence-corrected chi connectivity index (χ2v) is 6.04. The Kier molecular flexibility index (Phi) is 4.75. The van der Waals surface area contributed by atoms with Crippen LogP contribution in [-0.2, 0) is 4.74 Å². The van der Waals surface area contributed by atoms with Gasteiger partial charge in [0.2, 0.25) is 0 Å². The number of rotatable bonds is 3. The fraction of sp³-hybridized carbons (Fsp3) is 0.714. The number of aromatic nitrogens is 2. The van der Waals surface area contributed by atoms with Crippen LogP contribution in [0.15, 0.2) is 17.4 Å². The highest BCUT2D eigenvalue weighted by Crippen LogP contribution is 2.22. The molecule has 1 aromatic heterocycles. The van der Waals surface area contributed by atoms with E-state index in [4.69, 9.17) is 4.74 Å². The summed E-state index contributed by atoms with van der Waals surface area (Å²) in [5, 5.41) is 0.859. The van der Waals surface area contributed by atoms with E-state index >= 15 is 0 Å². The molecule has 0 unspecified atom stereocenters. The van der Waals surface area contributed by atoms with Crippen LogP contribution in [-0.4, -0.2) is 66.6 Å². The lowest BCUT2D eigenvalue weighted by Crippen LogP contribution is -2.49. The zero-order chi connectivity index (χ0) is 13.8. The van der Waals surface area contributed by atoms with Crippen LogP contribution in [0.2, 0.25) is 0 Å². The van der Waals surface area contributed by atoms with Crippen LogP contribution in [0.1, 0.15) is 12.8 Å². The lowest BCUT2D eigenvalue weighted by Gasteiger charge is -2.40. The number of piperidine rings is 1. The van der Waals surface area contributed by atoms with Gasteiger partial charge in [0, 0.05) is 38.4 Å². The van der Waals surface area contributed by atoms with Crippen LogP contribution >= 0.6 is 11.8 Å². The Hall–Kier alpha value is -0.850. The van der Waals surface area contributed by atoms with Crippen molar-refractivity contribution in [2.24, 2.45) is 0 Å². The maximum Gasteiger partial charge on any atom is 0.189 e. The summed E-state index contributed by atoms with van der Waals surface area (Å²) in [4.78, 5) is 13.8. The molecule has 6 heteroatoms. The van der Waals surface area contributed by atoms with Crippen molar-refractivity contribution in [2.45, 2.75) is 24.0 Å². The molecule has 0 amide bonds. The highest BCUT2D eigenvalue weighted by Gasteiger charge is 2.26. The normalized spacial score (nSPS) is 22.1. The van der Waals surface area contributed by atoms with Crippen molar-refractivity contribution in [2.75, 3.05) is 50.5 Å². The van der Waals surface area contributed by atoms with Gasteiger partial charge in [0.25, 0.3) is 0 Å². The minimum atomic E-state index is 0.719. The van der Waals surface area contributed by atoms with Gasteiger partial charge in [-0.1, -0.05) is 11.8 Å². The lowest BCUT2D eigenvalue weighted by molar-refractivity contribution is 0.0114. The first kappa shape index (κ1) is 14.1. The summed E-state index contributed by atoms with van der Waals surface area (Å²) in [6, 6.07) is 2.74. The van der Waals surface area contributed by atoms with E-state index in [2.05, 4.69) is 19.8 Å². The molecule has 0 atom stereocenters. The molecule has 2 aliphatic rings. The summed E-state index contributed by atoms with van der Waals surface area (Å²) in [5.74, 6) is 1.07. The Morgan fingerprint density at radius 3 is 2.65 bits per heavy atom. The molecule has 0 radical (unpaired) electrons. The van der Waals surface area contributed by atoms with Gasteiger partial charge in [-0.25, -0.2) is 9.97 Å². The smallest absolute Gasteiger partial charge is 0.189 e. The van der Waals surface area contributed by atoms with E-state index in [1.165, 1.54) is 12.8 Å². The van der Waals surface area contributed by atoms with E-state index < -0.39 is 0 Å². The van der Waals surface area contributed by atoms with Crippen molar-refractivity contribution >= 4 is 17.6 Å². The van der Waals surface area contributed by atoms with Gasteiger partial charge < -0.3 is 9.64 Å². The molecule has 3 heterocycles. The minimum Gasteiger partial charge on any atom is -0.379 e. The van der Waals surface area contributed by atoms with Crippen LogP contribution in [0, 0.1) is 0 Å². The SMILES string of the molecule is CSc1nccc(N2CCC(N3CCOCC3)CC2)n1. The molecule has 110 valence electrons. The van der Waals surface area contributed by atoms with Crippen LogP contribution in [0.3, 0.4) is 0 Å². The number of anilines is 1. The second kappa shape index (κ2) is 6.74. The van der Waals surface area contributed by atoms with Crippen molar-refractivity contribution in [1.29, 1.82) is 0 Å². The van der Waals surface area contributed by atoms with Gasteiger partial charge >= 0.3 is 0 Å². The van der Waals surface area contributed by atoms with E-state index in [0.717, 1.165) is 56.4 Å². The molecule has 2 fully saturated rings.